The minimum atomic E-state index is 0.672. The highest BCUT2D eigenvalue weighted by Crippen LogP contribution is 2.21. The molecule has 2 heterocycles. The largest absolute Gasteiger partial charge is 0.356 e. The molecule has 0 aromatic carbocycles. The molecule has 22 heavy (non-hydrogen) atoms. The van der Waals surface area contributed by atoms with Crippen molar-refractivity contribution < 1.29 is 0 Å². The molecule has 1 N–H and O–H groups in total. The van der Waals surface area contributed by atoms with Crippen molar-refractivity contribution in [1.29, 1.82) is 0 Å². The van der Waals surface area contributed by atoms with Gasteiger partial charge in [-0.15, -0.1) is 0 Å². The predicted octanol–water partition coefficient (Wildman–Crippen LogP) is 2.66. The molecule has 3 unspecified atom stereocenters. The molecule has 0 aromatic rings. The second-order valence-corrected chi connectivity index (χ2v) is 7.88. The second kappa shape index (κ2) is 8.19. The summed E-state index contributed by atoms with van der Waals surface area (Å²) in [6, 6.07) is 0.672. The molecule has 128 valence electrons. The summed E-state index contributed by atoms with van der Waals surface area (Å²) in [5.41, 5.74) is 0. The van der Waals surface area contributed by atoms with Gasteiger partial charge in [-0.25, -0.2) is 0 Å². The van der Waals surface area contributed by atoms with E-state index in [0.29, 0.717) is 6.04 Å². The van der Waals surface area contributed by atoms with Crippen LogP contribution in [-0.4, -0.2) is 61.6 Å². The molecule has 0 radical (unpaired) electrons. The summed E-state index contributed by atoms with van der Waals surface area (Å²) in [5.74, 6) is 3.41. The molecule has 0 spiro atoms. The maximum absolute atomic E-state index is 4.54. The van der Waals surface area contributed by atoms with E-state index in [9.17, 15) is 0 Å². The molecular weight excluding hydrogens is 272 g/mol. The zero-order chi connectivity index (χ0) is 16.1. The Balaban J connectivity index is 1.83. The Morgan fingerprint density at radius 2 is 1.86 bits per heavy atom. The van der Waals surface area contributed by atoms with Gasteiger partial charge in [0.05, 0.1) is 0 Å². The highest BCUT2D eigenvalue weighted by Gasteiger charge is 2.25. The number of nitrogens with zero attached hydrogens (tertiary/aromatic N) is 3. The molecule has 2 aliphatic rings. The topological polar surface area (TPSA) is 30.9 Å². The lowest BCUT2D eigenvalue weighted by molar-refractivity contribution is 0.139. The van der Waals surface area contributed by atoms with Gasteiger partial charge in [0.2, 0.25) is 0 Å². The summed E-state index contributed by atoms with van der Waals surface area (Å²) in [7, 11) is 1.92. The van der Waals surface area contributed by atoms with E-state index in [2.05, 4.69) is 47.8 Å². The molecule has 2 rings (SSSR count). The summed E-state index contributed by atoms with van der Waals surface area (Å²) in [6.45, 7) is 15.2. The normalized spacial score (nSPS) is 31.6. The van der Waals surface area contributed by atoms with Gasteiger partial charge in [0.15, 0.2) is 5.96 Å². The van der Waals surface area contributed by atoms with Gasteiger partial charge in [0.25, 0.3) is 0 Å². The molecule has 4 heteroatoms. The molecular formula is C18H36N4. The minimum Gasteiger partial charge on any atom is -0.356 e. The van der Waals surface area contributed by atoms with E-state index < -0.39 is 0 Å². The first-order chi connectivity index (χ1) is 10.5. The average molecular weight is 309 g/mol. The molecule has 2 fully saturated rings. The van der Waals surface area contributed by atoms with Crippen molar-refractivity contribution in [1.82, 2.24) is 15.1 Å². The van der Waals surface area contributed by atoms with E-state index >= 15 is 0 Å². The maximum atomic E-state index is 4.54. The van der Waals surface area contributed by atoms with Gasteiger partial charge < -0.3 is 15.1 Å². The molecule has 2 saturated heterocycles. The molecule has 0 amide bonds. The van der Waals surface area contributed by atoms with Crippen molar-refractivity contribution in [2.45, 2.75) is 53.0 Å². The molecule has 0 aromatic heterocycles. The Labute approximate surface area is 137 Å². The molecule has 0 aliphatic carbocycles. The fraction of sp³-hybridized carbons (Fsp3) is 0.944. The van der Waals surface area contributed by atoms with Gasteiger partial charge in [-0.1, -0.05) is 13.8 Å². The number of nitrogens with one attached hydrogen (secondary N) is 1. The number of likely N-dealkylation sites (tertiary alicyclic amines) is 2. The molecule has 0 bridgehead atoms. The Morgan fingerprint density at radius 3 is 2.45 bits per heavy atom. The molecule has 0 saturated carbocycles. The lowest BCUT2D eigenvalue weighted by Crippen LogP contribution is -2.50. The Morgan fingerprint density at radius 1 is 1.18 bits per heavy atom. The third kappa shape index (κ3) is 4.87. The standard InChI is InChI=1S/C18H36N4/c1-14(2)21-8-6-7-17(13-21)10-20-18(19-5)22-11-15(3)9-16(4)12-22/h14-17H,6-13H2,1-5H3,(H,19,20). The third-order valence-corrected chi connectivity index (χ3v) is 5.21. The zero-order valence-electron chi connectivity index (χ0n) is 15.3. The summed E-state index contributed by atoms with van der Waals surface area (Å²) in [6.07, 6.45) is 4.03. The maximum Gasteiger partial charge on any atom is 0.193 e. The molecule has 2 aliphatic heterocycles. The van der Waals surface area contributed by atoms with Crippen molar-refractivity contribution in [3.63, 3.8) is 0 Å². The van der Waals surface area contributed by atoms with Crippen LogP contribution in [0.2, 0.25) is 0 Å². The van der Waals surface area contributed by atoms with E-state index in [4.69, 9.17) is 0 Å². The van der Waals surface area contributed by atoms with Crippen LogP contribution in [0, 0.1) is 17.8 Å². The minimum absolute atomic E-state index is 0.672. The third-order valence-electron chi connectivity index (χ3n) is 5.21. The SMILES string of the molecule is CN=C(NCC1CCCN(C(C)C)C1)N1CC(C)CC(C)C1. The zero-order valence-corrected chi connectivity index (χ0v) is 15.3. The number of hydrogen-bond acceptors (Lipinski definition) is 2. The summed E-state index contributed by atoms with van der Waals surface area (Å²) in [4.78, 5) is 9.61. The summed E-state index contributed by atoms with van der Waals surface area (Å²) in [5, 5.41) is 3.66. The van der Waals surface area contributed by atoms with Crippen LogP contribution < -0.4 is 5.32 Å². The number of hydrogen-bond donors (Lipinski definition) is 1. The van der Waals surface area contributed by atoms with Crippen LogP contribution in [0.4, 0.5) is 0 Å². The van der Waals surface area contributed by atoms with E-state index in [1.165, 1.54) is 32.4 Å². The van der Waals surface area contributed by atoms with Crippen LogP contribution in [0.15, 0.2) is 4.99 Å². The lowest BCUT2D eigenvalue weighted by atomic mass is 9.92. The number of rotatable bonds is 3. The van der Waals surface area contributed by atoms with Crippen molar-refractivity contribution >= 4 is 5.96 Å². The van der Waals surface area contributed by atoms with Crippen molar-refractivity contribution in [3.8, 4) is 0 Å². The molecule has 3 atom stereocenters. The Kier molecular flexibility index (Phi) is 6.54. The van der Waals surface area contributed by atoms with E-state index in [1.807, 2.05) is 7.05 Å². The highest BCUT2D eigenvalue weighted by molar-refractivity contribution is 5.80. The molecule has 4 nitrogen and oxygen atoms in total. The van der Waals surface area contributed by atoms with Gasteiger partial charge in [0.1, 0.15) is 0 Å². The van der Waals surface area contributed by atoms with Crippen LogP contribution in [0.25, 0.3) is 0 Å². The lowest BCUT2D eigenvalue weighted by Gasteiger charge is -2.39. The smallest absolute Gasteiger partial charge is 0.193 e. The van der Waals surface area contributed by atoms with Crippen LogP contribution in [0.1, 0.15) is 47.0 Å². The van der Waals surface area contributed by atoms with Gasteiger partial charge in [-0.2, -0.15) is 0 Å². The number of guanidine groups is 1. The first kappa shape index (κ1) is 17.6. The second-order valence-electron chi connectivity index (χ2n) is 7.88. The van der Waals surface area contributed by atoms with Crippen LogP contribution >= 0.6 is 0 Å². The predicted molar refractivity (Wildman–Crippen MR) is 95.3 cm³/mol. The monoisotopic (exact) mass is 308 g/mol. The van der Waals surface area contributed by atoms with Crippen molar-refractivity contribution in [3.05, 3.63) is 0 Å². The quantitative estimate of drug-likeness (QED) is 0.642. The van der Waals surface area contributed by atoms with Crippen LogP contribution in [-0.2, 0) is 0 Å². The van der Waals surface area contributed by atoms with Gasteiger partial charge in [-0.05, 0) is 57.4 Å². The van der Waals surface area contributed by atoms with Crippen LogP contribution in [0.3, 0.4) is 0 Å². The Bertz CT molecular complexity index is 356. The number of aliphatic imine (C=N–C) groups is 1. The first-order valence-electron chi connectivity index (χ1n) is 9.19. The van der Waals surface area contributed by atoms with Crippen molar-refractivity contribution in [2.24, 2.45) is 22.7 Å². The van der Waals surface area contributed by atoms with Crippen molar-refractivity contribution in [2.75, 3.05) is 39.8 Å². The number of piperidine rings is 2. The van der Waals surface area contributed by atoms with E-state index in [-0.39, 0.29) is 0 Å². The fourth-order valence-corrected chi connectivity index (χ4v) is 4.14. The van der Waals surface area contributed by atoms with Gasteiger partial charge in [0, 0.05) is 39.3 Å². The van der Waals surface area contributed by atoms with Gasteiger partial charge in [-0.3, -0.25) is 4.99 Å². The average Bonchev–Trinajstić information content (AvgIpc) is 2.47. The van der Waals surface area contributed by atoms with Crippen LogP contribution in [0.5, 0.6) is 0 Å². The highest BCUT2D eigenvalue weighted by atomic mass is 15.3. The summed E-state index contributed by atoms with van der Waals surface area (Å²) < 4.78 is 0. The van der Waals surface area contributed by atoms with E-state index in [1.54, 1.807) is 0 Å². The first-order valence-corrected chi connectivity index (χ1v) is 9.19. The Hall–Kier alpha value is -0.770. The van der Waals surface area contributed by atoms with E-state index in [0.717, 1.165) is 43.3 Å². The van der Waals surface area contributed by atoms with Gasteiger partial charge >= 0.3 is 0 Å². The summed E-state index contributed by atoms with van der Waals surface area (Å²) >= 11 is 0. The fourth-order valence-electron chi connectivity index (χ4n) is 4.14.